The van der Waals surface area contributed by atoms with Crippen LogP contribution < -0.4 is 4.90 Å². The predicted molar refractivity (Wildman–Crippen MR) is 74.9 cm³/mol. The monoisotopic (exact) mass is 224 g/mol. The second-order valence-corrected chi connectivity index (χ2v) is 4.70. The Morgan fingerprint density at radius 1 is 0.941 bits per heavy atom. The molecule has 0 aliphatic rings. The molecule has 0 saturated carbocycles. The van der Waals surface area contributed by atoms with Crippen LogP contribution in [0.2, 0.25) is 0 Å². The number of anilines is 1. The Morgan fingerprint density at radius 3 is 2.47 bits per heavy atom. The fraction of sp³-hybridized carbons (Fsp3) is 0.200. The van der Waals surface area contributed by atoms with Crippen LogP contribution in [0, 0.1) is 6.92 Å². The molecule has 3 aromatic rings. The van der Waals surface area contributed by atoms with Crippen LogP contribution in [-0.4, -0.2) is 19.1 Å². The van der Waals surface area contributed by atoms with Gasteiger partial charge in [0.25, 0.3) is 0 Å². The van der Waals surface area contributed by atoms with Crippen molar-refractivity contribution in [3.05, 3.63) is 42.0 Å². The molecular weight excluding hydrogens is 208 g/mol. The summed E-state index contributed by atoms with van der Waals surface area (Å²) in [4.78, 5) is 5.67. The van der Waals surface area contributed by atoms with Crippen molar-refractivity contribution in [2.24, 2.45) is 0 Å². The Hall–Kier alpha value is -1.96. The number of aryl methyl sites for hydroxylation is 1. The second kappa shape index (κ2) is 3.52. The van der Waals surface area contributed by atoms with Crippen molar-refractivity contribution in [2.75, 3.05) is 19.0 Å². The number of H-pyrrole nitrogens is 1. The third-order valence-electron chi connectivity index (χ3n) is 3.40. The quantitative estimate of drug-likeness (QED) is 0.668. The molecule has 2 nitrogen and oxygen atoms in total. The number of hydrogen-bond acceptors (Lipinski definition) is 1. The van der Waals surface area contributed by atoms with Gasteiger partial charge in [0.15, 0.2) is 0 Å². The van der Waals surface area contributed by atoms with Crippen LogP contribution in [0.1, 0.15) is 5.56 Å². The number of rotatable bonds is 1. The van der Waals surface area contributed by atoms with Gasteiger partial charge in [0.1, 0.15) is 0 Å². The lowest BCUT2D eigenvalue weighted by Gasteiger charge is -2.15. The van der Waals surface area contributed by atoms with E-state index in [1.165, 1.54) is 33.1 Å². The largest absolute Gasteiger partial charge is 0.377 e. The maximum Gasteiger partial charge on any atom is 0.0515 e. The number of fused-ring (bicyclic) bond motifs is 3. The molecule has 1 N–H and O–H groups in total. The molecule has 0 saturated heterocycles. The van der Waals surface area contributed by atoms with E-state index in [1.807, 2.05) is 0 Å². The van der Waals surface area contributed by atoms with Crippen LogP contribution in [0.15, 0.2) is 36.4 Å². The molecule has 3 rings (SSSR count). The van der Waals surface area contributed by atoms with Crippen LogP contribution in [-0.2, 0) is 0 Å². The molecule has 2 heteroatoms. The summed E-state index contributed by atoms with van der Waals surface area (Å²) >= 11 is 0. The van der Waals surface area contributed by atoms with Crippen molar-refractivity contribution in [3.8, 4) is 0 Å². The summed E-state index contributed by atoms with van der Waals surface area (Å²) in [6.45, 7) is 2.17. The maximum absolute atomic E-state index is 3.51. The molecule has 0 radical (unpaired) electrons. The lowest BCUT2D eigenvalue weighted by atomic mass is 10.1. The third kappa shape index (κ3) is 1.41. The van der Waals surface area contributed by atoms with Crippen molar-refractivity contribution >= 4 is 27.5 Å². The molecule has 0 unspecified atom stereocenters. The van der Waals surface area contributed by atoms with Gasteiger partial charge in [-0.05, 0) is 24.6 Å². The molecule has 0 bridgehead atoms. The lowest BCUT2D eigenvalue weighted by molar-refractivity contribution is 1.12. The van der Waals surface area contributed by atoms with E-state index < -0.39 is 0 Å². The molecule has 0 aliphatic carbocycles. The van der Waals surface area contributed by atoms with Gasteiger partial charge >= 0.3 is 0 Å². The van der Waals surface area contributed by atoms with Gasteiger partial charge in [-0.1, -0.05) is 24.3 Å². The maximum atomic E-state index is 3.51. The van der Waals surface area contributed by atoms with Crippen molar-refractivity contribution in [2.45, 2.75) is 6.92 Å². The standard InChI is InChI=1S/C15H16N2/c1-10-14(17(2)3)9-8-12-11-6-4-5-7-13(11)16-15(10)12/h4-9,16H,1-3H3. The van der Waals surface area contributed by atoms with E-state index in [-0.39, 0.29) is 0 Å². The van der Waals surface area contributed by atoms with Crippen LogP contribution in [0.25, 0.3) is 21.8 Å². The zero-order valence-electron chi connectivity index (χ0n) is 10.4. The minimum Gasteiger partial charge on any atom is -0.377 e. The zero-order valence-corrected chi connectivity index (χ0v) is 10.4. The van der Waals surface area contributed by atoms with E-state index in [1.54, 1.807) is 0 Å². The van der Waals surface area contributed by atoms with Crippen LogP contribution in [0.5, 0.6) is 0 Å². The molecule has 0 fully saturated rings. The average Bonchev–Trinajstić information content (AvgIpc) is 2.69. The minimum atomic E-state index is 1.21. The smallest absolute Gasteiger partial charge is 0.0515 e. The summed E-state index contributed by atoms with van der Waals surface area (Å²) in [7, 11) is 4.16. The molecule has 1 aromatic heterocycles. The zero-order chi connectivity index (χ0) is 12.0. The third-order valence-corrected chi connectivity index (χ3v) is 3.40. The molecule has 86 valence electrons. The van der Waals surface area contributed by atoms with Gasteiger partial charge in [-0.3, -0.25) is 0 Å². The number of para-hydroxylation sites is 1. The highest BCUT2D eigenvalue weighted by atomic mass is 15.1. The van der Waals surface area contributed by atoms with E-state index in [4.69, 9.17) is 0 Å². The predicted octanol–water partition coefficient (Wildman–Crippen LogP) is 3.70. The number of aromatic amines is 1. The fourth-order valence-electron chi connectivity index (χ4n) is 2.53. The first kappa shape index (κ1) is 10.2. The van der Waals surface area contributed by atoms with Gasteiger partial charge in [0.05, 0.1) is 5.52 Å². The first-order chi connectivity index (χ1) is 8.18. The Kier molecular flexibility index (Phi) is 2.11. The molecular formula is C15H16N2. The van der Waals surface area contributed by atoms with Gasteiger partial charge < -0.3 is 9.88 Å². The average molecular weight is 224 g/mol. The van der Waals surface area contributed by atoms with Gasteiger partial charge in [0, 0.05) is 36.1 Å². The summed E-state index contributed by atoms with van der Waals surface area (Å²) in [6.07, 6.45) is 0. The Bertz CT molecular complexity index is 693. The molecule has 2 aromatic carbocycles. The normalized spacial score (nSPS) is 11.2. The summed E-state index contributed by atoms with van der Waals surface area (Å²) in [5.41, 5.74) is 5.03. The van der Waals surface area contributed by atoms with Gasteiger partial charge in [0.2, 0.25) is 0 Å². The van der Waals surface area contributed by atoms with Crippen molar-refractivity contribution in [1.82, 2.24) is 4.98 Å². The van der Waals surface area contributed by atoms with E-state index in [9.17, 15) is 0 Å². The SMILES string of the molecule is Cc1c(N(C)C)ccc2c1[nH]c1ccccc12. The van der Waals surface area contributed by atoms with Gasteiger partial charge in [-0.25, -0.2) is 0 Å². The van der Waals surface area contributed by atoms with Crippen LogP contribution in [0.3, 0.4) is 0 Å². The van der Waals surface area contributed by atoms with E-state index in [2.05, 4.69) is 67.3 Å². The number of benzene rings is 2. The van der Waals surface area contributed by atoms with E-state index in [0.717, 1.165) is 0 Å². The highest BCUT2D eigenvalue weighted by Gasteiger charge is 2.09. The molecule has 0 atom stereocenters. The van der Waals surface area contributed by atoms with E-state index >= 15 is 0 Å². The summed E-state index contributed by atoms with van der Waals surface area (Å²) in [5, 5.41) is 2.61. The molecule has 1 heterocycles. The highest BCUT2D eigenvalue weighted by Crippen LogP contribution is 2.31. The first-order valence-electron chi connectivity index (χ1n) is 5.86. The van der Waals surface area contributed by atoms with Gasteiger partial charge in [-0.2, -0.15) is 0 Å². The van der Waals surface area contributed by atoms with Crippen LogP contribution in [0.4, 0.5) is 5.69 Å². The summed E-state index contributed by atoms with van der Waals surface area (Å²) < 4.78 is 0. The first-order valence-corrected chi connectivity index (χ1v) is 5.86. The van der Waals surface area contributed by atoms with Crippen molar-refractivity contribution in [3.63, 3.8) is 0 Å². The van der Waals surface area contributed by atoms with Crippen molar-refractivity contribution < 1.29 is 0 Å². The highest BCUT2D eigenvalue weighted by molar-refractivity contribution is 6.09. The second-order valence-electron chi connectivity index (χ2n) is 4.70. The molecule has 0 aliphatic heterocycles. The molecule has 0 amide bonds. The number of nitrogens with zero attached hydrogens (tertiary/aromatic N) is 1. The number of aromatic nitrogens is 1. The van der Waals surface area contributed by atoms with E-state index in [0.29, 0.717) is 0 Å². The topological polar surface area (TPSA) is 19.0 Å². The Balaban J connectivity index is 2.44. The number of nitrogens with one attached hydrogen (secondary N) is 1. The minimum absolute atomic E-state index is 1.21. The molecule has 0 spiro atoms. The molecule has 17 heavy (non-hydrogen) atoms. The Labute approximate surface area is 101 Å². The lowest BCUT2D eigenvalue weighted by Crippen LogP contribution is -2.10. The number of hydrogen-bond donors (Lipinski definition) is 1. The fourth-order valence-corrected chi connectivity index (χ4v) is 2.53. The van der Waals surface area contributed by atoms with Crippen molar-refractivity contribution in [1.29, 1.82) is 0 Å². The summed E-state index contributed by atoms with van der Waals surface area (Å²) in [5.74, 6) is 0. The van der Waals surface area contributed by atoms with Crippen LogP contribution >= 0.6 is 0 Å². The summed E-state index contributed by atoms with van der Waals surface area (Å²) in [6, 6.07) is 12.9. The Morgan fingerprint density at radius 2 is 1.71 bits per heavy atom. The van der Waals surface area contributed by atoms with Gasteiger partial charge in [-0.15, -0.1) is 0 Å².